The SMILES string of the molecule is Cc1ccc(N2C(=O)[C@H]3[C@H](CC=C4[C@H]3C[C@H]3C(=O)C(c5ccccc5)=CC(=O)[C@@]3(c3ccccc3)[C@H]4c3cccc(C)c3O)C2=O)cc1Cl. The van der Waals surface area contributed by atoms with Crippen molar-refractivity contribution >= 4 is 46.2 Å². The molecule has 0 aromatic heterocycles. The number of nitrogens with zero attached hydrogens (tertiary/aromatic N) is 1. The number of amides is 2. The number of hydrogen-bond acceptors (Lipinski definition) is 5. The number of allylic oxidation sites excluding steroid dienone is 4. The summed E-state index contributed by atoms with van der Waals surface area (Å²) < 4.78 is 0. The van der Waals surface area contributed by atoms with Gasteiger partial charge in [0.05, 0.1) is 22.9 Å². The monoisotopic (exact) mass is 667 g/mol. The third kappa shape index (κ3) is 4.46. The van der Waals surface area contributed by atoms with Crippen molar-refractivity contribution in [3.63, 3.8) is 0 Å². The van der Waals surface area contributed by atoms with E-state index in [9.17, 15) is 14.7 Å². The normalized spacial score (nSPS) is 27.7. The van der Waals surface area contributed by atoms with Crippen LogP contribution in [0.1, 0.15) is 46.6 Å². The van der Waals surface area contributed by atoms with E-state index in [0.29, 0.717) is 45.0 Å². The lowest BCUT2D eigenvalue weighted by Gasteiger charge is -2.55. The number of aryl methyl sites for hydroxylation is 2. The number of aromatic hydroxyl groups is 1. The fourth-order valence-electron chi connectivity index (χ4n) is 9.11. The summed E-state index contributed by atoms with van der Waals surface area (Å²) in [5, 5.41) is 12.2. The Bertz CT molecular complexity index is 2140. The summed E-state index contributed by atoms with van der Waals surface area (Å²) in [6.45, 7) is 3.67. The average molecular weight is 668 g/mol. The van der Waals surface area contributed by atoms with Crippen LogP contribution in [0.4, 0.5) is 5.69 Å². The summed E-state index contributed by atoms with van der Waals surface area (Å²) in [7, 11) is 0. The Morgan fingerprint density at radius 3 is 2.22 bits per heavy atom. The number of benzene rings is 4. The highest BCUT2D eigenvalue weighted by atomic mass is 35.5. The van der Waals surface area contributed by atoms with E-state index >= 15 is 9.59 Å². The van der Waals surface area contributed by atoms with Crippen LogP contribution in [0.5, 0.6) is 5.75 Å². The zero-order valence-corrected chi connectivity index (χ0v) is 27.9. The minimum Gasteiger partial charge on any atom is -0.507 e. The lowest BCUT2D eigenvalue weighted by molar-refractivity contribution is -0.135. The summed E-state index contributed by atoms with van der Waals surface area (Å²) >= 11 is 6.45. The molecule has 2 fully saturated rings. The van der Waals surface area contributed by atoms with Gasteiger partial charge in [0.1, 0.15) is 5.75 Å². The van der Waals surface area contributed by atoms with Gasteiger partial charge in [-0.1, -0.05) is 108 Å². The molecule has 7 heteroatoms. The van der Waals surface area contributed by atoms with Gasteiger partial charge in [-0.25, -0.2) is 4.90 Å². The van der Waals surface area contributed by atoms with Crippen molar-refractivity contribution in [2.24, 2.45) is 23.7 Å². The fourth-order valence-corrected chi connectivity index (χ4v) is 9.28. The van der Waals surface area contributed by atoms with Crippen LogP contribution in [0.15, 0.2) is 115 Å². The third-order valence-electron chi connectivity index (χ3n) is 11.4. The minimum atomic E-state index is -1.40. The molecular formula is C42H34ClNO5. The van der Waals surface area contributed by atoms with Crippen molar-refractivity contribution in [1.82, 2.24) is 0 Å². The zero-order valence-electron chi connectivity index (χ0n) is 27.1. The van der Waals surface area contributed by atoms with Crippen LogP contribution in [0.25, 0.3) is 5.57 Å². The average Bonchev–Trinajstić information content (AvgIpc) is 3.37. The Morgan fingerprint density at radius 1 is 0.796 bits per heavy atom. The first-order chi connectivity index (χ1) is 23.6. The number of phenolic OH excluding ortho intramolecular Hbond substituents is 1. The molecule has 4 aliphatic rings. The van der Waals surface area contributed by atoms with Crippen LogP contribution in [-0.2, 0) is 24.6 Å². The Hall–Kier alpha value is -5.07. The summed E-state index contributed by atoms with van der Waals surface area (Å²) in [6.07, 6.45) is 3.98. The van der Waals surface area contributed by atoms with Crippen molar-refractivity contribution in [1.29, 1.82) is 0 Å². The molecular weight excluding hydrogens is 634 g/mol. The highest BCUT2D eigenvalue weighted by Crippen LogP contribution is 2.64. The molecule has 1 saturated carbocycles. The molecule has 4 aromatic rings. The number of carbonyl (C=O) groups excluding carboxylic acids is 4. The standard InChI is InChI=1S/C42H34ClNO5/c1-23-16-17-27(20-34(23)43)44-40(48)29-19-18-28-32(36(29)41(44)49)21-33-39(47)31(25-11-5-3-6-12-25)22-35(45)42(33,26-13-7-4-8-14-26)37(28)30-15-9-10-24(2)38(30)46/h3-18,20,22,29,32-33,36-37,46H,19,21H2,1-2H3/t29-,32+,33-,36-,37+,42-/m0/s1. The number of hydrogen-bond donors (Lipinski definition) is 1. The second-order valence-corrected chi connectivity index (χ2v) is 14.2. The van der Waals surface area contributed by atoms with E-state index < -0.39 is 35.0 Å². The first kappa shape index (κ1) is 31.2. The highest BCUT2D eigenvalue weighted by Gasteiger charge is 2.66. The van der Waals surface area contributed by atoms with E-state index in [0.717, 1.165) is 11.1 Å². The number of rotatable bonds is 4. The topological polar surface area (TPSA) is 91.8 Å². The first-order valence-corrected chi connectivity index (χ1v) is 17.1. The van der Waals surface area contributed by atoms with Gasteiger partial charge in [-0.05, 0) is 73.1 Å². The second-order valence-electron chi connectivity index (χ2n) is 13.7. The predicted molar refractivity (Wildman–Crippen MR) is 188 cm³/mol. The van der Waals surface area contributed by atoms with Crippen molar-refractivity contribution in [2.45, 2.75) is 38.0 Å². The van der Waals surface area contributed by atoms with Gasteiger partial charge >= 0.3 is 0 Å². The van der Waals surface area contributed by atoms with Gasteiger partial charge in [0.15, 0.2) is 11.6 Å². The van der Waals surface area contributed by atoms with E-state index in [2.05, 4.69) is 0 Å². The summed E-state index contributed by atoms with van der Waals surface area (Å²) in [5.74, 6) is -4.54. The summed E-state index contributed by atoms with van der Waals surface area (Å²) in [5.41, 5.74) is 3.49. The van der Waals surface area contributed by atoms with Crippen LogP contribution in [0, 0.1) is 37.5 Å². The molecule has 0 radical (unpaired) electrons. The molecule has 6 nitrogen and oxygen atoms in total. The number of anilines is 1. The molecule has 2 amide bonds. The number of fused-ring (bicyclic) bond motifs is 4. The van der Waals surface area contributed by atoms with Crippen molar-refractivity contribution in [3.8, 4) is 5.75 Å². The fraction of sp³-hybridized carbons (Fsp3) is 0.238. The van der Waals surface area contributed by atoms with Crippen LogP contribution in [0.3, 0.4) is 0 Å². The van der Waals surface area contributed by atoms with E-state index in [-0.39, 0.29) is 35.6 Å². The van der Waals surface area contributed by atoms with Gasteiger partial charge in [-0.15, -0.1) is 0 Å². The highest BCUT2D eigenvalue weighted by molar-refractivity contribution is 6.33. The zero-order chi connectivity index (χ0) is 34.2. The van der Waals surface area contributed by atoms with E-state index in [4.69, 9.17) is 11.6 Å². The smallest absolute Gasteiger partial charge is 0.238 e. The molecule has 8 rings (SSSR count). The molecule has 1 aliphatic heterocycles. The quantitative estimate of drug-likeness (QED) is 0.178. The van der Waals surface area contributed by atoms with Crippen molar-refractivity contribution in [2.75, 3.05) is 4.90 Å². The molecule has 0 unspecified atom stereocenters. The maximum atomic E-state index is 15.1. The molecule has 0 spiro atoms. The van der Waals surface area contributed by atoms with Gasteiger partial charge < -0.3 is 5.11 Å². The predicted octanol–water partition coefficient (Wildman–Crippen LogP) is 7.69. The van der Waals surface area contributed by atoms with Gasteiger partial charge in [0, 0.05) is 28.0 Å². The molecule has 0 bridgehead atoms. The van der Waals surface area contributed by atoms with Crippen LogP contribution in [0.2, 0.25) is 5.02 Å². The molecule has 6 atom stereocenters. The molecule has 1 heterocycles. The van der Waals surface area contributed by atoms with Gasteiger partial charge in [0.2, 0.25) is 11.8 Å². The molecule has 3 aliphatic carbocycles. The first-order valence-electron chi connectivity index (χ1n) is 16.7. The minimum absolute atomic E-state index is 0.0491. The van der Waals surface area contributed by atoms with Crippen molar-refractivity contribution < 1.29 is 24.3 Å². The van der Waals surface area contributed by atoms with Gasteiger partial charge in [-0.3, -0.25) is 19.2 Å². The van der Waals surface area contributed by atoms with Crippen molar-refractivity contribution in [3.05, 3.63) is 148 Å². The number of imide groups is 1. The summed E-state index contributed by atoms with van der Waals surface area (Å²) in [4.78, 5) is 59.9. The van der Waals surface area contributed by atoms with E-state index in [1.54, 1.807) is 18.2 Å². The Kier molecular flexibility index (Phi) is 7.34. The maximum absolute atomic E-state index is 15.1. The Morgan fingerprint density at radius 2 is 1.51 bits per heavy atom. The lowest BCUT2D eigenvalue weighted by atomic mass is 9.44. The van der Waals surface area contributed by atoms with Crippen LogP contribution >= 0.6 is 11.6 Å². The number of carbonyl (C=O) groups is 4. The number of phenols is 1. The summed E-state index contributed by atoms with van der Waals surface area (Å²) in [6, 6.07) is 29.2. The lowest BCUT2D eigenvalue weighted by Crippen LogP contribution is -2.58. The molecule has 1 saturated heterocycles. The van der Waals surface area contributed by atoms with E-state index in [1.807, 2.05) is 98.8 Å². The van der Waals surface area contributed by atoms with Crippen LogP contribution in [-0.4, -0.2) is 28.5 Å². The molecule has 244 valence electrons. The number of Topliss-reactive ketones (excluding diaryl/α,β-unsaturated/α-hetero) is 1. The Labute approximate surface area is 289 Å². The molecule has 4 aromatic carbocycles. The van der Waals surface area contributed by atoms with Gasteiger partial charge in [0.25, 0.3) is 0 Å². The second kappa shape index (κ2) is 11.5. The largest absolute Gasteiger partial charge is 0.507 e. The Balaban J connectivity index is 1.36. The van der Waals surface area contributed by atoms with Crippen LogP contribution < -0.4 is 4.90 Å². The number of ketones is 2. The molecule has 49 heavy (non-hydrogen) atoms. The number of halogens is 1. The molecule has 1 N–H and O–H groups in total. The van der Waals surface area contributed by atoms with E-state index in [1.165, 1.54) is 11.0 Å². The number of para-hydroxylation sites is 1. The maximum Gasteiger partial charge on any atom is 0.238 e. The van der Waals surface area contributed by atoms with Gasteiger partial charge in [-0.2, -0.15) is 0 Å². The third-order valence-corrected chi connectivity index (χ3v) is 11.8.